The van der Waals surface area contributed by atoms with Gasteiger partial charge < -0.3 is 4.57 Å². The van der Waals surface area contributed by atoms with Gasteiger partial charge in [0.15, 0.2) is 5.82 Å². The van der Waals surface area contributed by atoms with Crippen LogP contribution in [0, 0.1) is 0 Å². The summed E-state index contributed by atoms with van der Waals surface area (Å²) >= 11 is 0. The molecule has 2 aromatic heterocycles. The topological polar surface area (TPSA) is 30.7 Å². The van der Waals surface area contributed by atoms with E-state index in [0.717, 1.165) is 55.6 Å². The van der Waals surface area contributed by atoms with Crippen molar-refractivity contribution < 1.29 is 0 Å². The fourth-order valence-corrected chi connectivity index (χ4v) is 6.70. The highest BCUT2D eigenvalue weighted by Crippen LogP contribution is 2.39. The molecule has 3 nitrogen and oxygen atoms in total. The molecule has 0 atom stereocenters. The Morgan fingerprint density at radius 2 is 0.979 bits per heavy atom. The molecule has 2 heterocycles. The van der Waals surface area contributed by atoms with Crippen molar-refractivity contribution in [3.05, 3.63) is 176 Å². The summed E-state index contributed by atoms with van der Waals surface area (Å²) in [4.78, 5) is 10.7. The van der Waals surface area contributed by atoms with E-state index in [1.807, 2.05) is 0 Å². The fourth-order valence-electron chi connectivity index (χ4n) is 6.70. The number of aromatic nitrogens is 3. The first-order valence-corrected chi connectivity index (χ1v) is 15.9. The van der Waals surface area contributed by atoms with Crippen LogP contribution < -0.4 is 0 Å². The molecule has 0 bridgehead atoms. The van der Waals surface area contributed by atoms with Crippen LogP contribution in [0.15, 0.2) is 176 Å². The standard InChI is InChI=1S/C44H29N3/c1-3-13-30(14-4-1)33-17-11-19-36(28-33)41-43-42(39-23-9-10-24-40(39)47(43)38-21-5-2-6-22-38)46-44(45-41)37-20-12-18-34(29-37)35-26-25-31-15-7-8-16-32(31)27-35/h1-29H. The largest absolute Gasteiger partial charge is 0.306 e. The van der Waals surface area contributed by atoms with Crippen molar-refractivity contribution in [1.29, 1.82) is 0 Å². The second-order valence-electron chi connectivity index (χ2n) is 11.9. The van der Waals surface area contributed by atoms with E-state index in [2.05, 4.69) is 180 Å². The number of fused-ring (bicyclic) bond motifs is 4. The first kappa shape index (κ1) is 27.0. The summed E-state index contributed by atoms with van der Waals surface area (Å²) in [5.41, 5.74) is 11.7. The monoisotopic (exact) mass is 599 g/mol. The highest BCUT2D eigenvalue weighted by Gasteiger charge is 2.21. The fraction of sp³-hybridized carbons (Fsp3) is 0. The molecule has 9 rings (SSSR count). The third-order valence-electron chi connectivity index (χ3n) is 8.97. The zero-order valence-electron chi connectivity index (χ0n) is 25.6. The zero-order valence-corrected chi connectivity index (χ0v) is 25.6. The maximum Gasteiger partial charge on any atom is 0.160 e. The number of nitrogens with zero attached hydrogens (tertiary/aromatic N) is 3. The molecule has 0 saturated carbocycles. The average molecular weight is 600 g/mol. The van der Waals surface area contributed by atoms with Gasteiger partial charge in [0.05, 0.1) is 16.7 Å². The Balaban J connectivity index is 1.31. The van der Waals surface area contributed by atoms with Gasteiger partial charge in [-0.3, -0.25) is 0 Å². The normalized spacial score (nSPS) is 11.4. The minimum absolute atomic E-state index is 0.705. The highest BCUT2D eigenvalue weighted by atomic mass is 15.0. The Bertz CT molecular complexity index is 2570. The van der Waals surface area contributed by atoms with Crippen molar-refractivity contribution in [2.45, 2.75) is 0 Å². The lowest BCUT2D eigenvalue weighted by molar-refractivity contribution is 1.15. The van der Waals surface area contributed by atoms with E-state index in [9.17, 15) is 0 Å². The summed E-state index contributed by atoms with van der Waals surface area (Å²) < 4.78 is 2.31. The van der Waals surface area contributed by atoms with E-state index in [1.54, 1.807) is 0 Å². The van der Waals surface area contributed by atoms with Crippen LogP contribution in [-0.4, -0.2) is 14.5 Å². The molecule has 0 fully saturated rings. The van der Waals surface area contributed by atoms with Crippen molar-refractivity contribution in [2.24, 2.45) is 0 Å². The van der Waals surface area contributed by atoms with Crippen molar-refractivity contribution in [2.75, 3.05) is 0 Å². The van der Waals surface area contributed by atoms with Gasteiger partial charge in [-0.15, -0.1) is 0 Å². The summed E-state index contributed by atoms with van der Waals surface area (Å²) in [6.45, 7) is 0. The van der Waals surface area contributed by atoms with Crippen LogP contribution in [0.3, 0.4) is 0 Å². The molecule has 0 spiro atoms. The molecule has 0 aliphatic heterocycles. The third kappa shape index (κ3) is 4.77. The second kappa shape index (κ2) is 11.2. The maximum absolute atomic E-state index is 5.41. The minimum Gasteiger partial charge on any atom is -0.306 e. The van der Waals surface area contributed by atoms with E-state index < -0.39 is 0 Å². The summed E-state index contributed by atoms with van der Waals surface area (Å²) in [6.07, 6.45) is 0. The molecule has 9 aromatic rings. The van der Waals surface area contributed by atoms with Crippen molar-refractivity contribution >= 4 is 32.7 Å². The predicted octanol–water partition coefficient (Wildman–Crippen LogP) is 11.4. The van der Waals surface area contributed by atoms with E-state index in [4.69, 9.17) is 9.97 Å². The molecule has 47 heavy (non-hydrogen) atoms. The number of rotatable bonds is 5. The highest BCUT2D eigenvalue weighted by molar-refractivity contribution is 6.11. The molecular formula is C44H29N3. The van der Waals surface area contributed by atoms with Crippen LogP contribution in [-0.2, 0) is 0 Å². The second-order valence-corrected chi connectivity index (χ2v) is 11.9. The smallest absolute Gasteiger partial charge is 0.160 e. The van der Waals surface area contributed by atoms with Crippen LogP contribution in [0.5, 0.6) is 0 Å². The average Bonchev–Trinajstić information content (AvgIpc) is 3.49. The first-order chi connectivity index (χ1) is 23.3. The van der Waals surface area contributed by atoms with Crippen molar-refractivity contribution in [3.63, 3.8) is 0 Å². The SMILES string of the molecule is c1ccc(-c2cccc(-c3nc(-c4cccc(-c5ccc6ccccc6c5)c4)nc4c5ccccc5n(-c5ccccc5)c34)c2)cc1. The van der Waals surface area contributed by atoms with Gasteiger partial charge in [-0.25, -0.2) is 9.97 Å². The van der Waals surface area contributed by atoms with E-state index in [1.165, 1.54) is 21.9 Å². The van der Waals surface area contributed by atoms with Crippen LogP contribution in [0.25, 0.3) is 83.3 Å². The Morgan fingerprint density at radius 3 is 1.81 bits per heavy atom. The molecule has 0 radical (unpaired) electrons. The number of hydrogen-bond donors (Lipinski definition) is 0. The van der Waals surface area contributed by atoms with Gasteiger partial charge in [0.2, 0.25) is 0 Å². The number of benzene rings is 7. The number of para-hydroxylation sites is 2. The van der Waals surface area contributed by atoms with Gasteiger partial charge in [0, 0.05) is 22.2 Å². The molecule has 0 saturated heterocycles. The maximum atomic E-state index is 5.41. The first-order valence-electron chi connectivity index (χ1n) is 15.9. The summed E-state index contributed by atoms with van der Waals surface area (Å²) in [5, 5.41) is 3.56. The van der Waals surface area contributed by atoms with Crippen molar-refractivity contribution in [3.8, 4) is 50.6 Å². The van der Waals surface area contributed by atoms with Gasteiger partial charge in [-0.05, 0) is 69.4 Å². The predicted molar refractivity (Wildman–Crippen MR) is 196 cm³/mol. The van der Waals surface area contributed by atoms with Gasteiger partial charge in [-0.1, -0.05) is 140 Å². The Kier molecular flexibility index (Phi) is 6.46. The molecule has 0 aliphatic carbocycles. The van der Waals surface area contributed by atoms with Crippen LogP contribution in [0.1, 0.15) is 0 Å². The zero-order chi connectivity index (χ0) is 31.2. The molecule has 0 aliphatic rings. The van der Waals surface area contributed by atoms with E-state index >= 15 is 0 Å². The summed E-state index contributed by atoms with van der Waals surface area (Å²) in [7, 11) is 0. The third-order valence-corrected chi connectivity index (χ3v) is 8.97. The molecule has 0 N–H and O–H groups in total. The molecular weight excluding hydrogens is 571 g/mol. The van der Waals surface area contributed by atoms with Gasteiger partial charge in [0.1, 0.15) is 5.52 Å². The van der Waals surface area contributed by atoms with Gasteiger partial charge in [0.25, 0.3) is 0 Å². The lowest BCUT2D eigenvalue weighted by atomic mass is 9.99. The van der Waals surface area contributed by atoms with Crippen LogP contribution >= 0.6 is 0 Å². The van der Waals surface area contributed by atoms with Gasteiger partial charge >= 0.3 is 0 Å². The molecule has 3 heteroatoms. The van der Waals surface area contributed by atoms with E-state index in [-0.39, 0.29) is 0 Å². The van der Waals surface area contributed by atoms with E-state index in [0.29, 0.717) is 5.82 Å². The molecule has 220 valence electrons. The molecule has 0 amide bonds. The Morgan fingerprint density at radius 1 is 0.383 bits per heavy atom. The minimum atomic E-state index is 0.705. The number of hydrogen-bond acceptors (Lipinski definition) is 2. The lowest BCUT2D eigenvalue weighted by Gasteiger charge is -2.13. The summed E-state index contributed by atoms with van der Waals surface area (Å²) in [6, 6.07) is 62.0. The van der Waals surface area contributed by atoms with Gasteiger partial charge in [-0.2, -0.15) is 0 Å². The molecule has 0 unspecified atom stereocenters. The molecule has 7 aromatic carbocycles. The van der Waals surface area contributed by atoms with Crippen LogP contribution in [0.2, 0.25) is 0 Å². The Labute approximate surface area is 273 Å². The quantitative estimate of drug-likeness (QED) is 0.197. The Hall–Kier alpha value is -6.32. The lowest BCUT2D eigenvalue weighted by Crippen LogP contribution is -2.00. The van der Waals surface area contributed by atoms with Crippen LogP contribution in [0.4, 0.5) is 0 Å². The summed E-state index contributed by atoms with van der Waals surface area (Å²) in [5.74, 6) is 0.705. The van der Waals surface area contributed by atoms with Crippen molar-refractivity contribution in [1.82, 2.24) is 14.5 Å².